The van der Waals surface area contributed by atoms with Crippen molar-refractivity contribution in [2.45, 2.75) is 10.4 Å². The molecule has 2 rings (SSSR count). The van der Waals surface area contributed by atoms with E-state index in [-0.39, 0.29) is 27.0 Å². The number of nitrogens with one attached hydrogen (secondary N) is 1. The van der Waals surface area contributed by atoms with Gasteiger partial charge in [0.25, 0.3) is 15.7 Å². The minimum absolute atomic E-state index is 0.130. The Morgan fingerprint density at radius 2 is 1.74 bits per heavy atom. The van der Waals surface area contributed by atoms with E-state index in [0.717, 1.165) is 25.3 Å². The lowest BCUT2D eigenvalue weighted by molar-refractivity contribution is -0.0436. The number of hydrogen-bond donors (Lipinski definition) is 1. The van der Waals surface area contributed by atoms with Crippen molar-refractivity contribution in [1.29, 1.82) is 0 Å². The Kier molecular flexibility index (Phi) is 5.93. The molecular weight excluding hydrogens is 437 g/mol. The van der Waals surface area contributed by atoms with Gasteiger partial charge >= 0.3 is 5.51 Å². The first-order chi connectivity index (χ1) is 12.4. The van der Waals surface area contributed by atoms with E-state index in [9.17, 15) is 30.8 Å². The van der Waals surface area contributed by atoms with Gasteiger partial charge in [-0.2, -0.15) is 13.2 Å². The minimum atomic E-state index is -5.66. The normalized spacial score (nSPS) is 12.0. The number of hydrogen-bond acceptors (Lipinski definition) is 4. The van der Waals surface area contributed by atoms with Gasteiger partial charge < -0.3 is 10.1 Å². The van der Waals surface area contributed by atoms with Crippen LogP contribution >= 0.6 is 23.2 Å². The first-order valence-electron chi connectivity index (χ1n) is 6.83. The highest BCUT2D eigenvalue weighted by atomic mass is 35.5. The molecule has 0 atom stereocenters. The highest BCUT2D eigenvalue weighted by Gasteiger charge is 2.47. The molecule has 0 aromatic heterocycles. The summed E-state index contributed by atoms with van der Waals surface area (Å²) >= 11 is 11.3. The fraction of sp³-hybridized carbons (Fsp3) is 0.133. The summed E-state index contributed by atoms with van der Waals surface area (Å²) in [4.78, 5) is 11.2. The van der Waals surface area contributed by atoms with Crippen molar-refractivity contribution in [2.75, 3.05) is 12.4 Å². The van der Waals surface area contributed by atoms with Crippen molar-refractivity contribution in [3.63, 3.8) is 0 Å². The van der Waals surface area contributed by atoms with Crippen LogP contribution in [0.3, 0.4) is 0 Å². The summed E-state index contributed by atoms with van der Waals surface area (Å²) in [6.45, 7) is 0. The van der Waals surface area contributed by atoms with Gasteiger partial charge in [0.1, 0.15) is 11.6 Å². The Morgan fingerprint density at radius 1 is 1.11 bits per heavy atom. The zero-order valence-corrected chi connectivity index (χ0v) is 15.5. The third-order valence-electron chi connectivity index (χ3n) is 3.29. The summed E-state index contributed by atoms with van der Waals surface area (Å²) in [5, 5.41) is 1.57. The average Bonchev–Trinajstić information content (AvgIpc) is 2.56. The number of carbonyl (C=O) groups is 1. The fourth-order valence-electron chi connectivity index (χ4n) is 1.97. The van der Waals surface area contributed by atoms with E-state index >= 15 is 0 Å². The first-order valence-corrected chi connectivity index (χ1v) is 9.07. The molecule has 0 radical (unpaired) electrons. The Bertz CT molecular complexity index is 1010. The highest BCUT2D eigenvalue weighted by molar-refractivity contribution is 7.92. The summed E-state index contributed by atoms with van der Waals surface area (Å²) in [6, 6.07) is 3.86. The van der Waals surface area contributed by atoms with Crippen molar-refractivity contribution >= 4 is 44.6 Å². The fourth-order valence-corrected chi connectivity index (χ4v) is 3.23. The molecule has 0 saturated heterocycles. The standard InChI is InChI=1S/C15H9Cl2F4NO4S/c1-26-13-3-2-7(27(24,25)15(19,20)21)4-12(13)22-14(23)8-5-11(18)10(17)6-9(8)16/h2-6H,1H3,(H,22,23). The topological polar surface area (TPSA) is 72.5 Å². The summed E-state index contributed by atoms with van der Waals surface area (Å²) in [5.41, 5.74) is -6.30. The molecule has 0 spiro atoms. The molecular formula is C15H9Cl2F4NO4S. The third kappa shape index (κ3) is 4.28. The SMILES string of the molecule is COc1ccc(S(=O)(=O)C(F)(F)F)cc1NC(=O)c1cc(F)c(Cl)cc1Cl. The van der Waals surface area contributed by atoms with Crippen LogP contribution in [0.5, 0.6) is 5.75 Å². The number of alkyl halides is 3. The van der Waals surface area contributed by atoms with Crippen LogP contribution in [-0.2, 0) is 9.84 Å². The molecule has 2 aromatic rings. The predicted molar refractivity (Wildman–Crippen MR) is 90.6 cm³/mol. The van der Waals surface area contributed by atoms with Crippen molar-refractivity contribution in [1.82, 2.24) is 0 Å². The second-order valence-electron chi connectivity index (χ2n) is 5.01. The summed E-state index contributed by atoms with van der Waals surface area (Å²) < 4.78 is 79.7. The molecule has 0 aliphatic carbocycles. The van der Waals surface area contributed by atoms with Gasteiger partial charge in [-0.15, -0.1) is 0 Å². The van der Waals surface area contributed by atoms with Crippen LogP contribution in [0.1, 0.15) is 10.4 Å². The van der Waals surface area contributed by atoms with Crippen LogP contribution in [0, 0.1) is 5.82 Å². The largest absolute Gasteiger partial charge is 0.501 e. The van der Waals surface area contributed by atoms with E-state index in [1.807, 2.05) is 0 Å². The highest BCUT2D eigenvalue weighted by Crippen LogP contribution is 2.35. The van der Waals surface area contributed by atoms with Gasteiger partial charge in [0.15, 0.2) is 0 Å². The number of sulfone groups is 1. The van der Waals surface area contributed by atoms with Crippen LogP contribution in [-0.4, -0.2) is 26.9 Å². The zero-order valence-electron chi connectivity index (χ0n) is 13.2. The average molecular weight is 446 g/mol. The predicted octanol–water partition coefficient (Wildman–Crippen LogP) is 4.69. The monoisotopic (exact) mass is 445 g/mol. The van der Waals surface area contributed by atoms with Crippen molar-refractivity contribution < 1.29 is 35.5 Å². The van der Waals surface area contributed by atoms with Crippen molar-refractivity contribution in [3.8, 4) is 5.75 Å². The summed E-state index contributed by atoms with van der Waals surface area (Å²) in [6.07, 6.45) is 0. The minimum Gasteiger partial charge on any atom is -0.495 e. The van der Waals surface area contributed by atoms with Crippen LogP contribution < -0.4 is 10.1 Å². The summed E-state index contributed by atoms with van der Waals surface area (Å²) in [5.74, 6) is -2.10. The number of rotatable bonds is 4. The van der Waals surface area contributed by atoms with Gasteiger partial charge in [-0.1, -0.05) is 23.2 Å². The lowest BCUT2D eigenvalue weighted by Gasteiger charge is -2.14. The molecule has 0 aliphatic rings. The second kappa shape index (κ2) is 7.53. The molecule has 0 aliphatic heterocycles. The van der Waals surface area contributed by atoms with Crippen LogP contribution in [0.4, 0.5) is 23.2 Å². The van der Waals surface area contributed by atoms with Gasteiger partial charge in [0, 0.05) is 0 Å². The molecule has 1 amide bonds. The maximum Gasteiger partial charge on any atom is 0.501 e. The van der Waals surface area contributed by atoms with Gasteiger partial charge in [0.2, 0.25) is 0 Å². The molecule has 2 aromatic carbocycles. The van der Waals surface area contributed by atoms with Crippen LogP contribution in [0.25, 0.3) is 0 Å². The molecule has 1 N–H and O–H groups in total. The van der Waals surface area contributed by atoms with Crippen LogP contribution in [0.15, 0.2) is 35.2 Å². The molecule has 0 heterocycles. The smallest absolute Gasteiger partial charge is 0.495 e. The Hall–Kier alpha value is -2.04. The van der Waals surface area contributed by atoms with Crippen molar-refractivity contribution in [2.24, 2.45) is 0 Å². The van der Waals surface area contributed by atoms with Crippen molar-refractivity contribution in [3.05, 3.63) is 51.8 Å². The van der Waals surface area contributed by atoms with E-state index in [1.165, 1.54) is 0 Å². The van der Waals surface area contributed by atoms with Gasteiger partial charge in [-0.3, -0.25) is 4.79 Å². The molecule has 27 heavy (non-hydrogen) atoms. The number of ether oxygens (including phenoxy) is 1. The molecule has 12 heteroatoms. The van der Waals surface area contributed by atoms with E-state index < -0.39 is 32.0 Å². The maximum atomic E-state index is 13.6. The molecule has 0 bridgehead atoms. The lowest BCUT2D eigenvalue weighted by Crippen LogP contribution is -2.23. The summed E-state index contributed by atoms with van der Waals surface area (Å²) in [7, 11) is -4.50. The second-order valence-corrected chi connectivity index (χ2v) is 7.77. The Morgan fingerprint density at radius 3 is 2.30 bits per heavy atom. The van der Waals surface area contributed by atoms with Gasteiger partial charge in [0.05, 0.1) is 33.3 Å². The number of methoxy groups -OCH3 is 1. The number of benzene rings is 2. The quantitative estimate of drug-likeness (QED) is 0.547. The van der Waals surface area contributed by atoms with E-state index in [2.05, 4.69) is 5.32 Å². The number of halogens is 6. The zero-order chi connectivity index (χ0) is 20.6. The van der Waals surface area contributed by atoms with E-state index in [4.69, 9.17) is 27.9 Å². The van der Waals surface area contributed by atoms with E-state index in [0.29, 0.717) is 12.1 Å². The van der Waals surface area contributed by atoms with Gasteiger partial charge in [-0.05, 0) is 30.3 Å². The lowest BCUT2D eigenvalue weighted by atomic mass is 10.2. The van der Waals surface area contributed by atoms with E-state index in [1.54, 1.807) is 0 Å². The molecule has 146 valence electrons. The molecule has 0 unspecified atom stereocenters. The first kappa shape index (κ1) is 21.3. The van der Waals surface area contributed by atoms with Gasteiger partial charge in [-0.25, -0.2) is 12.8 Å². The number of carbonyl (C=O) groups excluding carboxylic acids is 1. The Labute approximate surface area is 160 Å². The number of amides is 1. The number of anilines is 1. The maximum absolute atomic E-state index is 13.6. The molecule has 0 fully saturated rings. The molecule has 0 saturated carbocycles. The Balaban J connectivity index is 2.48. The van der Waals surface area contributed by atoms with Crippen LogP contribution in [0.2, 0.25) is 10.0 Å². The molecule has 5 nitrogen and oxygen atoms in total. The third-order valence-corrected chi connectivity index (χ3v) is 5.38.